The van der Waals surface area contributed by atoms with E-state index in [1.54, 1.807) is 7.11 Å². The number of benzene rings is 4. The predicted octanol–water partition coefficient (Wildman–Crippen LogP) is 6.21. The molecule has 1 atom stereocenters. The minimum absolute atomic E-state index is 0.111. The number of amides is 1. The Labute approximate surface area is 222 Å². The van der Waals surface area contributed by atoms with Crippen molar-refractivity contribution in [3.63, 3.8) is 0 Å². The van der Waals surface area contributed by atoms with Gasteiger partial charge in [0.1, 0.15) is 11.5 Å². The molecule has 5 rings (SSSR count). The minimum Gasteiger partial charge on any atom is -0.497 e. The van der Waals surface area contributed by atoms with Crippen molar-refractivity contribution in [3.05, 3.63) is 126 Å². The van der Waals surface area contributed by atoms with Gasteiger partial charge in [0.15, 0.2) is 11.9 Å². The first-order chi connectivity index (χ1) is 18.6. The molecule has 5 aromatic rings. The number of hydrogen-bond acceptors (Lipinski definition) is 4. The lowest BCUT2D eigenvalue weighted by atomic mass is 10.1. The highest BCUT2D eigenvalue weighted by molar-refractivity contribution is 5.97. The summed E-state index contributed by atoms with van der Waals surface area (Å²) >= 11 is 0. The summed E-state index contributed by atoms with van der Waals surface area (Å²) in [6, 6.07) is 33.5. The van der Waals surface area contributed by atoms with Gasteiger partial charge in [-0.1, -0.05) is 60.7 Å². The zero-order valence-corrected chi connectivity index (χ0v) is 21.6. The van der Waals surface area contributed by atoms with Crippen molar-refractivity contribution in [2.24, 2.45) is 0 Å². The summed E-state index contributed by atoms with van der Waals surface area (Å²) in [7, 11) is 1.67. The van der Waals surface area contributed by atoms with Gasteiger partial charge in [0.2, 0.25) is 0 Å². The van der Waals surface area contributed by atoms with E-state index in [4.69, 9.17) is 14.5 Å². The number of carbonyl (C=O) groups is 1. The molecule has 6 nitrogen and oxygen atoms in total. The number of aromatic nitrogens is 2. The molecule has 1 heterocycles. The highest BCUT2D eigenvalue weighted by atomic mass is 16.5. The molecule has 4 aromatic carbocycles. The Balaban J connectivity index is 1.42. The molecule has 0 bridgehead atoms. The lowest BCUT2D eigenvalue weighted by molar-refractivity contribution is 0.0954. The molecule has 1 aromatic heterocycles. The largest absolute Gasteiger partial charge is 0.497 e. The van der Waals surface area contributed by atoms with E-state index in [9.17, 15) is 4.79 Å². The smallest absolute Gasteiger partial charge is 0.251 e. The van der Waals surface area contributed by atoms with Gasteiger partial charge in [-0.05, 0) is 66.9 Å². The van der Waals surface area contributed by atoms with E-state index < -0.39 is 0 Å². The van der Waals surface area contributed by atoms with Crippen molar-refractivity contribution in [2.75, 3.05) is 13.7 Å². The fourth-order valence-electron chi connectivity index (χ4n) is 4.54. The zero-order valence-electron chi connectivity index (χ0n) is 21.6. The number of fused-ring (bicyclic) bond motifs is 1. The number of methoxy groups -OCH3 is 1. The van der Waals surface area contributed by atoms with Gasteiger partial charge in [-0.15, -0.1) is 0 Å². The van der Waals surface area contributed by atoms with Crippen molar-refractivity contribution in [2.45, 2.75) is 26.0 Å². The van der Waals surface area contributed by atoms with Crippen LogP contribution < -0.4 is 14.8 Å². The third kappa shape index (κ3) is 5.86. The Morgan fingerprint density at radius 2 is 1.58 bits per heavy atom. The van der Waals surface area contributed by atoms with Crippen LogP contribution in [0, 0.1) is 0 Å². The van der Waals surface area contributed by atoms with Crippen LogP contribution in [-0.4, -0.2) is 29.1 Å². The monoisotopic (exact) mass is 505 g/mol. The second-order valence-electron chi connectivity index (χ2n) is 9.18. The summed E-state index contributed by atoms with van der Waals surface area (Å²) in [5.74, 6) is 2.25. The van der Waals surface area contributed by atoms with Gasteiger partial charge in [0.25, 0.3) is 5.91 Å². The number of nitrogens with zero attached hydrogens (tertiary/aromatic N) is 2. The molecule has 0 saturated heterocycles. The minimum atomic E-state index is -0.307. The molecule has 6 heteroatoms. The summed E-state index contributed by atoms with van der Waals surface area (Å²) in [6.45, 7) is 3.15. The molecular formula is C32H31N3O3. The second kappa shape index (κ2) is 11.6. The highest BCUT2D eigenvalue weighted by Crippen LogP contribution is 2.27. The van der Waals surface area contributed by atoms with Gasteiger partial charge in [-0.25, -0.2) is 4.98 Å². The lowest BCUT2D eigenvalue weighted by Gasteiger charge is -2.17. The van der Waals surface area contributed by atoms with E-state index in [-0.39, 0.29) is 12.0 Å². The highest BCUT2D eigenvalue weighted by Gasteiger charge is 2.20. The summed E-state index contributed by atoms with van der Waals surface area (Å²) in [5, 5.41) is 3.03. The van der Waals surface area contributed by atoms with E-state index >= 15 is 0 Å². The number of carbonyl (C=O) groups excluding carboxylic acids is 1. The van der Waals surface area contributed by atoms with Crippen LogP contribution in [0.1, 0.15) is 40.3 Å². The Bertz CT molecular complexity index is 1510. The first-order valence-corrected chi connectivity index (χ1v) is 12.8. The molecule has 1 unspecified atom stereocenters. The SMILES string of the molecule is COc1cccc(Cn2c(C(C)Oc3ccccc3)nc3cc(C(=O)NCCc4ccccc4)ccc32)c1. The van der Waals surface area contributed by atoms with E-state index in [0.717, 1.165) is 40.3 Å². The Kier molecular flexibility index (Phi) is 7.69. The molecule has 1 amide bonds. The first-order valence-electron chi connectivity index (χ1n) is 12.8. The van der Waals surface area contributed by atoms with Crippen molar-refractivity contribution in [3.8, 4) is 11.5 Å². The molecule has 38 heavy (non-hydrogen) atoms. The van der Waals surface area contributed by atoms with Gasteiger partial charge in [0, 0.05) is 18.7 Å². The van der Waals surface area contributed by atoms with Crippen LogP contribution in [0.3, 0.4) is 0 Å². The van der Waals surface area contributed by atoms with E-state index in [0.29, 0.717) is 18.7 Å². The number of para-hydroxylation sites is 1. The molecule has 192 valence electrons. The Morgan fingerprint density at radius 1 is 0.868 bits per heavy atom. The van der Waals surface area contributed by atoms with Gasteiger partial charge in [0.05, 0.1) is 18.1 Å². The van der Waals surface area contributed by atoms with Crippen molar-refractivity contribution in [1.82, 2.24) is 14.9 Å². The van der Waals surface area contributed by atoms with Crippen molar-refractivity contribution in [1.29, 1.82) is 0 Å². The maximum absolute atomic E-state index is 12.9. The van der Waals surface area contributed by atoms with E-state index in [1.165, 1.54) is 5.56 Å². The lowest BCUT2D eigenvalue weighted by Crippen LogP contribution is -2.25. The molecule has 0 radical (unpaired) electrons. The summed E-state index contributed by atoms with van der Waals surface area (Å²) in [5.41, 5.74) is 4.55. The van der Waals surface area contributed by atoms with Crippen LogP contribution in [0.25, 0.3) is 11.0 Å². The molecule has 0 aliphatic carbocycles. The van der Waals surface area contributed by atoms with Gasteiger partial charge in [-0.3, -0.25) is 4.79 Å². The van der Waals surface area contributed by atoms with Crippen LogP contribution in [0.15, 0.2) is 103 Å². The Hall–Kier alpha value is -4.58. The van der Waals surface area contributed by atoms with Crippen molar-refractivity contribution < 1.29 is 14.3 Å². The molecule has 1 N–H and O–H groups in total. The van der Waals surface area contributed by atoms with Crippen LogP contribution in [-0.2, 0) is 13.0 Å². The maximum atomic E-state index is 12.9. The normalized spacial score (nSPS) is 11.7. The standard InChI is InChI=1S/C32H31N3O3/c1-23(38-27-13-7-4-8-14-27)31-34-29-21-26(32(36)33-19-18-24-10-5-3-6-11-24)16-17-30(29)35(31)22-25-12-9-15-28(20-25)37-2/h3-17,20-21,23H,18-19,22H2,1-2H3,(H,33,36). The number of hydrogen-bond donors (Lipinski definition) is 1. The van der Waals surface area contributed by atoms with Gasteiger partial charge in [-0.2, -0.15) is 0 Å². The van der Waals surface area contributed by atoms with Crippen LogP contribution in [0.2, 0.25) is 0 Å². The van der Waals surface area contributed by atoms with E-state index in [2.05, 4.69) is 28.1 Å². The Morgan fingerprint density at radius 3 is 2.34 bits per heavy atom. The average molecular weight is 506 g/mol. The quantitative estimate of drug-likeness (QED) is 0.245. The van der Waals surface area contributed by atoms with Gasteiger partial charge >= 0.3 is 0 Å². The molecule has 0 aliphatic heterocycles. The number of rotatable bonds is 10. The molecular weight excluding hydrogens is 474 g/mol. The topological polar surface area (TPSA) is 65.4 Å². The molecule has 0 aliphatic rings. The maximum Gasteiger partial charge on any atom is 0.251 e. The third-order valence-corrected chi connectivity index (χ3v) is 6.48. The zero-order chi connectivity index (χ0) is 26.3. The van der Waals surface area contributed by atoms with Crippen LogP contribution in [0.4, 0.5) is 0 Å². The van der Waals surface area contributed by atoms with E-state index in [1.807, 2.05) is 91.9 Å². The number of imidazole rings is 1. The van der Waals surface area contributed by atoms with Gasteiger partial charge < -0.3 is 19.4 Å². The summed E-state index contributed by atoms with van der Waals surface area (Å²) < 4.78 is 13.8. The number of ether oxygens (including phenoxy) is 2. The van der Waals surface area contributed by atoms with Crippen molar-refractivity contribution >= 4 is 16.9 Å². The summed E-state index contributed by atoms with van der Waals surface area (Å²) in [4.78, 5) is 17.9. The molecule has 0 spiro atoms. The average Bonchev–Trinajstić information content (AvgIpc) is 3.32. The van der Waals surface area contributed by atoms with Crippen LogP contribution in [0.5, 0.6) is 11.5 Å². The third-order valence-electron chi connectivity index (χ3n) is 6.48. The predicted molar refractivity (Wildman–Crippen MR) is 150 cm³/mol. The fraction of sp³-hybridized carbons (Fsp3) is 0.188. The molecule has 0 saturated carbocycles. The molecule has 0 fully saturated rings. The number of nitrogens with one attached hydrogen (secondary N) is 1. The fourth-order valence-corrected chi connectivity index (χ4v) is 4.54. The van der Waals surface area contributed by atoms with Crippen LogP contribution >= 0.6 is 0 Å². The first kappa shape index (κ1) is 25.1. The summed E-state index contributed by atoms with van der Waals surface area (Å²) in [6.07, 6.45) is 0.473. The second-order valence-corrected chi connectivity index (χ2v) is 9.18.